The Hall–Kier alpha value is -1.44. The Morgan fingerprint density at radius 3 is 2.53 bits per heavy atom. The fraction of sp³-hybridized carbons (Fsp3) is 0.467. The van der Waals surface area contributed by atoms with Crippen LogP contribution in [0.1, 0.15) is 39.2 Å². The summed E-state index contributed by atoms with van der Waals surface area (Å²) in [6.07, 6.45) is 4.17. The Kier molecular flexibility index (Phi) is 5.61. The van der Waals surface area contributed by atoms with Crippen molar-refractivity contribution >= 4 is 6.08 Å². The molecule has 17 heavy (non-hydrogen) atoms. The third-order valence-corrected chi connectivity index (χ3v) is 2.28. The first-order valence-corrected chi connectivity index (χ1v) is 6.22. The van der Waals surface area contributed by atoms with Gasteiger partial charge in [-0.05, 0) is 38.0 Å². The fourth-order valence-corrected chi connectivity index (χ4v) is 1.47. The largest absolute Gasteiger partial charge is 0.493 e. The molecule has 2 heteroatoms. The molecule has 0 aromatic heterocycles. The van der Waals surface area contributed by atoms with E-state index in [0.29, 0.717) is 0 Å². The third-order valence-electron chi connectivity index (χ3n) is 2.28. The summed E-state index contributed by atoms with van der Waals surface area (Å²) < 4.78 is 11.4. The molecule has 0 atom stereocenters. The van der Waals surface area contributed by atoms with E-state index in [1.54, 1.807) is 6.08 Å². The maximum Gasteiger partial charge on any atom is 0.123 e. The lowest BCUT2D eigenvalue weighted by Gasteiger charge is -2.13. The Morgan fingerprint density at radius 1 is 1.24 bits per heavy atom. The van der Waals surface area contributed by atoms with Gasteiger partial charge >= 0.3 is 0 Å². The molecular weight excluding hydrogens is 212 g/mol. The summed E-state index contributed by atoms with van der Waals surface area (Å²) in [5.74, 6) is 1.69. The summed E-state index contributed by atoms with van der Waals surface area (Å²) in [6, 6.07) is 5.89. The highest BCUT2D eigenvalue weighted by molar-refractivity contribution is 5.53. The number of hydrogen-bond acceptors (Lipinski definition) is 2. The number of hydrogen-bond donors (Lipinski definition) is 0. The van der Waals surface area contributed by atoms with E-state index in [1.165, 1.54) is 0 Å². The fourth-order valence-electron chi connectivity index (χ4n) is 1.47. The maximum atomic E-state index is 5.68. The highest BCUT2D eigenvalue weighted by Gasteiger charge is 2.03. The summed E-state index contributed by atoms with van der Waals surface area (Å²) in [4.78, 5) is 0. The molecule has 0 aliphatic rings. The molecule has 0 aliphatic carbocycles. The van der Waals surface area contributed by atoms with Gasteiger partial charge in [-0.3, -0.25) is 0 Å². The van der Waals surface area contributed by atoms with Gasteiger partial charge in [-0.25, -0.2) is 0 Å². The van der Waals surface area contributed by atoms with E-state index in [-0.39, 0.29) is 6.10 Å². The number of ether oxygens (including phenoxy) is 2. The Bertz CT molecular complexity index is 356. The van der Waals surface area contributed by atoms with Crippen molar-refractivity contribution in [2.75, 3.05) is 6.61 Å². The SMILES string of the molecule is C=Cc1cc(OCCCC)cc(OC(C)C)c1. The average molecular weight is 234 g/mol. The summed E-state index contributed by atoms with van der Waals surface area (Å²) in [7, 11) is 0. The van der Waals surface area contributed by atoms with Gasteiger partial charge in [0.05, 0.1) is 12.7 Å². The van der Waals surface area contributed by atoms with Gasteiger partial charge in [-0.15, -0.1) is 0 Å². The molecule has 0 saturated heterocycles. The van der Waals surface area contributed by atoms with Gasteiger partial charge in [-0.1, -0.05) is 26.0 Å². The van der Waals surface area contributed by atoms with Crippen LogP contribution in [0.5, 0.6) is 11.5 Å². The second-order valence-electron chi connectivity index (χ2n) is 4.31. The predicted molar refractivity (Wildman–Crippen MR) is 72.7 cm³/mol. The summed E-state index contributed by atoms with van der Waals surface area (Å²) in [5, 5.41) is 0. The third kappa shape index (κ3) is 4.94. The lowest BCUT2D eigenvalue weighted by Crippen LogP contribution is -2.06. The van der Waals surface area contributed by atoms with Crippen molar-refractivity contribution in [2.24, 2.45) is 0 Å². The molecular formula is C15H22O2. The first kappa shape index (κ1) is 13.6. The van der Waals surface area contributed by atoms with Gasteiger partial charge in [0.1, 0.15) is 11.5 Å². The molecule has 0 unspecified atom stereocenters. The van der Waals surface area contributed by atoms with E-state index >= 15 is 0 Å². The molecule has 2 nitrogen and oxygen atoms in total. The highest BCUT2D eigenvalue weighted by atomic mass is 16.5. The normalized spacial score (nSPS) is 10.4. The van der Waals surface area contributed by atoms with E-state index in [9.17, 15) is 0 Å². The summed E-state index contributed by atoms with van der Waals surface area (Å²) >= 11 is 0. The first-order valence-electron chi connectivity index (χ1n) is 6.22. The smallest absolute Gasteiger partial charge is 0.123 e. The lowest BCUT2D eigenvalue weighted by molar-refractivity contribution is 0.239. The topological polar surface area (TPSA) is 18.5 Å². The zero-order chi connectivity index (χ0) is 12.7. The minimum absolute atomic E-state index is 0.165. The van der Waals surface area contributed by atoms with Gasteiger partial charge in [0, 0.05) is 6.07 Å². The second-order valence-corrected chi connectivity index (χ2v) is 4.31. The lowest BCUT2D eigenvalue weighted by atomic mass is 10.2. The average Bonchev–Trinajstić information content (AvgIpc) is 2.28. The zero-order valence-corrected chi connectivity index (χ0v) is 11.0. The van der Waals surface area contributed by atoms with E-state index in [0.717, 1.165) is 36.5 Å². The van der Waals surface area contributed by atoms with Gasteiger partial charge in [0.15, 0.2) is 0 Å². The monoisotopic (exact) mass is 234 g/mol. The van der Waals surface area contributed by atoms with Gasteiger partial charge in [0.25, 0.3) is 0 Å². The molecule has 0 amide bonds. The van der Waals surface area contributed by atoms with Gasteiger partial charge in [-0.2, -0.15) is 0 Å². The van der Waals surface area contributed by atoms with Crippen molar-refractivity contribution in [1.29, 1.82) is 0 Å². The molecule has 1 aromatic carbocycles. The molecule has 0 spiro atoms. The van der Waals surface area contributed by atoms with Crippen LogP contribution in [0.3, 0.4) is 0 Å². The first-order chi connectivity index (χ1) is 8.15. The minimum atomic E-state index is 0.165. The molecule has 0 aliphatic heterocycles. The molecule has 0 radical (unpaired) electrons. The van der Waals surface area contributed by atoms with Crippen molar-refractivity contribution in [3.8, 4) is 11.5 Å². The maximum absolute atomic E-state index is 5.68. The van der Waals surface area contributed by atoms with E-state index in [2.05, 4.69) is 13.5 Å². The number of unbranched alkanes of at least 4 members (excludes halogenated alkanes) is 1. The van der Waals surface area contributed by atoms with Crippen LogP contribution in [0.25, 0.3) is 6.08 Å². The predicted octanol–water partition coefficient (Wildman–Crippen LogP) is 4.30. The van der Waals surface area contributed by atoms with Crippen LogP contribution < -0.4 is 9.47 Å². The molecule has 0 saturated carbocycles. The van der Waals surface area contributed by atoms with Crippen molar-refractivity contribution < 1.29 is 9.47 Å². The zero-order valence-electron chi connectivity index (χ0n) is 11.0. The quantitative estimate of drug-likeness (QED) is 0.655. The Morgan fingerprint density at radius 2 is 1.94 bits per heavy atom. The van der Waals surface area contributed by atoms with E-state index < -0.39 is 0 Å². The van der Waals surface area contributed by atoms with Gasteiger partial charge in [0.2, 0.25) is 0 Å². The van der Waals surface area contributed by atoms with E-state index in [4.69, 9.17) is 9.47 Å². The van der Waals surface area contributed by atoms with E-state index in [1.807, 2.05) is 32.0 Å². The van der Waals surface area contributed by atoms with Crippen LogP contribution in [0.4, 0.5) is 0 Å². The Labute approximate surface area is 104 Å². The summed E-state index contributed by atoms with van der Waals surface area (Å²) in [5.41, 5.74) is 1.02. The van der Waals surface area contributed by atoms with Crippen molar-refractivity contribution in [2.45, 2.75) is 39.7 Å². The molecule has 0 fully saturated rings. The second kappa shape index (κ2) is 7.00. The molecule has 0 N–H and O–H groups in total. The van der Waals surface area contributed by atoms with Crippen molar-refractivity contribution in [3.05, 3.63) is 30.3 Å². The molecule has 0 bridgehead atoms. The number of rotatable bonds is 7. The van der Waals surface area contributed by atoms with Crippen LogP contribution >= 0.6 is 0 Å². The van der Waals surface area contributed by atoms with Crippen LogP contribution in [0, 0.1) is 0 Å². The summed E-state index contributed by atoms with van der Waals surface area (Å²) in [6.45, 7) is 10.7. The molecule has 1 aromatic rings. The van der Waals surface area contributed by atoms with Crippen molar-refractivity contribution in [3.63, 3.8) is 0 Å². The standard InChI is InChI=1S/C15H22O2/c1-5-7-8-16-14-9-13(6-2)10-15(11-14)17-12(3)4/h6,9-12H,2,5,7-8H2,1,3-4H3. The van der Waals surface area contributed by atoms with Crippen LogP contribution in [-0.4, -0.2) is 12.7 Å². The number of benzene rings is 1. The Balaban J connectivity index is 2.77. The van der Waals surface area contributed by atoms with Crippen molar-refractivity contribution in [1.82, 2.24) is 0 Å². The minimum Gasteiger partial charge on any atom is -0.493 e. The van der Waals surface area contributed by atoms with Crippen LogP contribution in [0.15, 0.2) is 24.8 Å². The molecule has 94 valence electrons. The molecule has 0 heterocycles. The van der Waals surface area contributed by atoms with Crippen LogP contribution in [0.2, 0.25) is 0 Å². The molecule has 1 rings (SSSR count). The highest BCUT2D eigenvalue weighted by Crippen LogP contribution is 2.24. The van der Waals surface area contributed by atoms with Gasteiger partial charge < -0.3 is 9.47 Å². The van der Waals surface area contributed by atoms with Crippen LogP contribution in [-0.2, 0) is 0 Å².